The second-order valence-corrected chi connectivity index (χ2v) is 3.32. The zero-order chi connectivity index (χ0) is 9.52. The van der Waals surface area contributed by atoms with Crippen LogP contribution in [0, 0.1) is 0 Å². The van der Waals surface area contributed by atoms with Crippen molar-refractivity contribution < 1.29 is 4.79 Å². The normalized spacial score (nSPS) is 9.62. The number of hydrogen-bond acceptors (Lipinski definition) is 2. The highest BCUT2D eigenvalue weighted by atomic mass is 127. The van der Waals surface area contributed by atoms with Gasteiger partial charge in [-0.3, -0.25) is 9.78 Å². The van der Waals surface area contributed by atoms with Crippen LogP contribution in [0.2, 0.25) is 0 Å². The first-order valence-electron chi connectivity index (χ1n) is 4.05. The molecule has 3 nitrogen and oxygen atoms in total. The Kier molecular flexibility index (Phi) is 4.74. The molecule has 0 atom stereocenters. The van der Waals surface area contributed by atoms with E-state index in [-0.39, 0.29) is 5.91 Å². The molecular weight excluding hydrogens is 279 g/mol. The largest absolute Gasteiger partial charge is 0.355 e. The van der Waals surface area contributed by atoms with Gasteiger partial charge in [-0.1, -0.05) is 28.7 Å². The van der Waals surface area contributed by atoms with Crippen LogP contribution in [0.4, 0.5) is 0 Å². The summed E-state index contributed by atoms with van der Waals surface area (Å²) < 4.78 is 0.514. The molecule has 1 rings (SSSR count). The molecule has 0 saturated carbocycles. The summed E-state index contributed by atoms with van der Waals surface area (Å²) in [4.78, 5) is 15.0. The quantitative estimate of drug-likeness (QED) is 0.668. The molecule has 1 aromatic rings. The van der Waals surface area contributed by atoms with Crippen LogP contribution in [0.15, 0.2) is 24.4 Å². The van der Waals surface area contributed by atoms with E-state index in [1.54, 1.807) is 6.20 Å². The van der Waals surface area contributed by atoms with Crippen LogP contribution in [-0.4, -0.2) is 21.9 Å². The minimum atomic E-state index is 0.0801. The van der Waals surface area contributed by atoms with E-state index in [2.05, 4.69) is 10.3 Å². The number of alkyl halides is 1. The monoisotopic (exact) mass is 290 g/mol. The number of nitrogens with one attached hydrogen (secondary N) is 1. The number of carbonyl (C=O) groups excluding carboxylic acids is 1. The molecule has 1 heterocycles. The number of nitrogens with zero attached hydrogens (tertiary/aromatic N) is 1. The standard InChI is InChI=1S/C9H11IN2O/c10-7-9(13)12-6-4-8-3-1-2-5-11-8/h1-3,5H,4,6-7H2,(H,12,13). The number of rotatable bonds is 4. The molecule has 1 amide bonds. The molecule has 0 fully saturated rings. The third-order valence-corrected chi connectivity index (χ3v) is 2.24. The van der Waals surface area contributed by atoms with E-state index in [1.807, 2.05) is 40.8 Å². The minimum Gasteiger partial charge on any atom is -0.355 e. The van der Waals surface area contributed by atoms with Gasteiger partial charge in [0.05, 0.1) is 4.43 Å². The van der Waals surface area contributed by atoms with Crippen molar-refractivity contribution in [1.29, 1.82) is 0 Å². The summed E-state index contributed by atoms with van der Waals surface area (Å²) in [6, 6.07) is 5.78. The minimum absolute atomic E-state index is 0.0801. The lowest BCUT2D eigenvalue weighted by Gasteiger charge is -2.01. The molecule has 0 unspecified atom stereocenters. The molecule has 0 saturated heterocycles. The summed E-state index contributed by atoms with van der Waals surface area (Å²) in [6.45, 7) is 0.666. The van der Waals surface area contributed by atoms with E-state index < -0.39 is 0 Å². The Balaban J connectivity index is 2.24. The molecule has 1 aromatic heterocycles. The average Bonchev–Trinajstić information content (AvgIpc) is 2.19. The fourth-order valence-corrected chi connectivity index (χ4v) is 1.19. The third-order valence-electron chi connectivity index (χ3n) is 1.55. The Morgan fingerprint density at radius 2 is 2.38 bits per heavy atom. The van der Waals surface area contributed by atoms with Crippen molar-refractivity contribution in [3.63, 3.8) is 0 Å². The summed E-state index contributed by atoms with van der Waals surface area (Å²) in [6.07, 6.45) is 2.55. The lowest BCUT2D eigenvalue weighted by molar-refractivity contribution is -0.118. The van der Waals surface area contributed by atoms with E-state index in [0.717, 1.165) is 12.1 Å². The van der Waals surface area contributed by atoms with Crippen LogP contribution < -0.4 is 5.32 Å². The Hall–Kier alpha value is -0.650. The second-order valence-electron chi connectivity index (χ2n) is 2.55. The summed E-state index contributed by atoms with van der Waals surface area (Å²) in [7, 11) is 0. The first kappa shape index (κ1) is 10.4. The number of aromatic nitrogens is 1. The number of pyridine rings is 1. The van der Waals surface area contributed by atoms with Crippen LogP contribution >= 0.6 is 22.6 Å². The van der Waals surface area contributed by atoms with Crippen LogP contribution in [-0.2, 0) is 11.2 Å². The summed E-state index contributed by atoms with van der Waals surface area (Å²) in [5.41, 5.74) is 1.01. The van der Waals surface area contributed by atoms with Crippen LogP contribution in [0.25, 0.3) is 0 Å². The van der Waals surface area contributed by atoms with Crippen molar-refractivity contribution in [2.75, 3.05) is 11.0 Å². The maximum atomic E-state index is 10.9. The van der Waals surface area contributed by atoms with Crippen molar-refractivity contribution in [3.05, 3.63) is 30.1 Å². The smallest absolute Gasteiger partial charge is 0.229 e. The predicted octanol–water partition coefficient (Wildman–Crippen LogP) is 1.18. The van der Waals surface area contributed by atoms with Gasteiger partial charge in [-0.2, -0.15) is 0 Å². The van der Waals surface area contributed by atoms with Gasteiger partial charge in [0, 0.05) is 24.9 Å². The highest BCUT2D eigenvalue weighted by molar-refractivity contribution is 14.1. The molecule has 0 spiro atoms. The zero-order valence-corrected chi connectivity index (χ0v) is 9.32. The molecular formula is C9H11IN2O. The maximum absolute atomic E-state index is 10.9. The number of amides is 1. The Bertz CT molecular complexity index is 264. The molecule has 0 bridgehead atoms. The third kappa shape index (κ3) is 4.21. The van der Waals surface area contributed by atoms with Crippen molar-refractivity contribution in [2.45, 2.75) is 6.42 Å². The van der Waals surface area contributed by atoms with E-state index >= 15 is 0 Å². The SMILES string of the molecule is O=C(CI)NCCc1ccccn1. The molecule has 0 aliphatic heterocycles. The second kappa shape index (κ2) is 5.90. The molecule has 0 aliphatic carbocycles. The molecule has 0 aromatic carbocycles. The van der Waals surface area contributed by atoms with Gasteiger partial charge in [0.2, 0.25) is 5.91 Å². The van der Waals surface area contributed by atoms with Gasteiger partial charge in [-0.05, 0) is 12.1 Å². The Morgan fingerprint density at radius 3 is 3.00 bits per heavy atom. The summed E-state index contributed by atoms with van der Waals surface area (Å²) in [5, 5.41) is 2.79. The number of hydrogen-bond donors (Lipinski definition) is 1. The average molecular weight is 290 g/mol. The van der Waals surface area contributed by atoms with Gasteiger partial charge in [-0.15, -0.1) is 0 Å². The van der Waals surface area contributed by atoms with E-state index in [9.17, 15) is 4.79 Å². The van der Waals surface area contributed by atoms with Crippen LogP contribution in [0.3, 0.4) is 0 Å². The fraction of sp³-hybridized carbons (Fsp3) is 0.333. The molecule has 4 heteroatoms. The Morgan fingerprint density at radius 1 is 1.54 bits per heavy atom. The highest BCUT2D eigenvalue weighted by Crippen LogP contribution is 1.93. The van der Waals surface area contributed by atoms with Crippen molar-refractivity contribution >= 4 is 28.5 Å². The molecule has 0 aliphatic rings. The Labute approximate surface area is 91.1 Å². The topological polar surface area (TPSA) is 42.0 Å². The predicted molar refractivity (Wildman–Crippen MR) is 59.8 cm³/mol. The van der Waals surface area contributed by atoms with E-state index in [1.165, 1.54) is 0 Å². The van der Waals surface area contributed by atoms with Crippen molar-refractivity contribution in [1.82, 2.24) is 10.3 Å². The van der Waals surface area contributed by atoms with Gasteiger partial charge in [0.1, 0.15) is 0 Å². The summed E-state index contributed by atoms with van der Waals surface area (Å²) >= 11 is 2.04. The molecule has 70 valence electrons. The van der Waals surface area contributed by atoms with Crippen LogP contribution in [0.1, 0.15) is 5.69 Å². The van der Waals surface area contributed by atoms with Gasteiger partial charge in [0.15, 0.2) is 0 Å². The van der Waals surface area contributed by atoms with E-state index in [0.29, 0.717) is 11.0 Å². The van der Waals surface area contributed by atoms with Gasteiger partial charge in [0.25, 0.3) is 0 Å². The molecule has 1 N–H and O–H groups in total. The van der Waals surface area contributed by atoms with Gasteiger partial charge in [-0.25, -0.2) is 0 Å². The van der Waals surface area contributed by atoms with Crippen molar-refractivity contribution in [3.8, 4) is 0 Å². The lowest BCUT2D eigenvalue weighted by Crippen LogP contribution is -2.26. The van der Waals surface area contributed by atoms with Crippen molar-refractivity contribution in [2.24, 2.45) is 0 Å². The van der Waals surface area contributed by atoms with E-state index in [4.69, 9.17) is 0 Å². The van der Waals surface area contributed by atoms with Gasteiger partial charge >= 0.3 is 0 Å². The first-order chi connectivity index (χ1) is 6.33. The fourth-order valence-electron chi connectivity index (χ4n) is 0.923. The molecule has 13 heavy (non-hydrogen) atoms. The maximum Gasteiger partial charge on any atom is 0.229 e. The van der Waals surface area contributed by atoms with Crippen LogP contribution in [0.5, 0.6) is 0 Å². The highest BCUT2D eigenvalue weighted by Gasteiger charge is 1.97. The molecule has 0 radical (unpaired) electrons. The first-order valence-corrected chi connectivity index (χ1v) is 5.58. The zero-order valence-electron chi connectivity index (χ0n) is 7.16. The van der Waals surface area contributed by atoms with Gasteiger partial charge < -0.3 is 5.32 Å². The summed E-state index contributed by atoms with van der Waals surface area (Å²) in [5.74, 6) is 0.0801. The number of halogens is 1. The number of carbonyl (C=O) groups is 1. The lowest BCUT2D eigenvalue weighted by atomic mass is 10.3.